The van der Waals surface area contributed by atoms with Crippen molar-refractivity contribution in [2.75, 3.05) is 26.2 Å². The number of rotatable bonds is 4. The fraction of sp³-hybridized carbons (Fsp3) is 0.538. The summed E-state index contributed by atoms with van der Waals surface area (Å²) in [6, 6.07) is 6.10. The van der Waals surface area contributed by atoms with Gasteiger partial charge in [-0.15, -0.1) is 0 Å². The van der Waals surface area contributed by atoms with E-state index < -0.39 is 20.0 Å². The van der Waals surface area contributed by atoms with Crippen LogP contribution in [0.25, 0.3) is 0 Å². The van der Waals surface area contributed by atoms with Gasteiger partial charge in [0.2, 0.25) is 20.0 Å². The molecule has 0 atom stereocenters. The van der Waals surface area contributed by atoms with Gasteiger partial charge in [-0.25, -0.2) is 16.8 Å². The molecule has 1 aromatic carbocycles. The Morgan fingerprint density at radius 2 is 1.55 bits per heavy atom. The minimum absolute atomic E-state index is 0.138. The van der Waals surface area contributed by atoms with Gasteiger partial charge in [-0.3, -0.25) is 0 Å². The maximum absolute atomic E-state index is 12.5. The number of halogens is 1. The maximum atomic E-state index is 12.5. The molecule has 122 valence electrons. The summed E-state index contributed by atoms with van der Waals surface area (Å²) >= 11 is 5.84. The predicted octanol–water partition coefficient (Wildman–Crippen LogP) is 1.14. The third-order valence-electron chi connectivity index (χ3n) is 3.94. The molecule has 0 aromatic heterocycles. The zero-order valence-electron chi connectivity index (χ0n) is 11.9. The van der Waals surface area contributed by atoms with Crippen LogP contribution < -0.4 is 0 Å². The summed E-state index contributed by atoms with van der Waals surface area (Å²) in [6.45, 7) is 0.749. The average molecular weight is 365 g/mol. The molecule has 1 aliphatic carbocycles. The molecule has 0 bridgehead atoms. The second-order valence-corrected chi connectivity index (χ2v) is 10.1. The third-order valence-corrected chi connectivity index (χ3v) is 8.47. The maximum Gasteiger partial charge on any atom is 0.243 e. The van der Waals surface area contributed by atoms with Gasteiger partial charge in [0.1, 0.15) is 0 Å². The molecule has 1 aromatic rings. The van der Waals surface area contributed by atoms with Crippen LogP contribution in [0.3, 0.4) is 0 Å². The van der Waals surface area contributed by atoms with Gasteiger partial charge in [0.05, 0.1) is 10.1 Å². The zero-order valence-corrected chi connectivity index (χ0v) is 14.2. The van der Waals surface area contributed by atoms with Crippen LogP contribution in [-0.4, -0.2) is 56.9 Å². The summed E-state index contributed by atoms with van der Waals surface area (Å²) in [6.07, 6.45) is 1.42. The Labute approximate surface area is 135 Å². The summed E-state index contributed by atoms with van der Waals surface area (Å²) in [4.78, 5) is 0.138. The highest BCUT2D eigenvalue weighted by Crippen LogP contribution is 2.32. The number of benzene rings is 1. The number of nitrogens with zero attached hydrogens (tertiary/aromatic N) is 2. The standard InChI is InChI=1S/C13H17ClN2O4S2/c14-11-2-1-3-13(10-11)22(19,20)16-8-6-15(7-9-16)21(17,18)12-4-5-12/h1-3,10,12H,4-9H2. The van der Waals surface area contributed by atoms with Crippen LogP contribution in [0.1, 0.15) is 12.8 Å². The largest absolute Gasteiger partial charge is 0.243 e. The fourth-order valence-electron chi connectivity index (χ4n) is 2.52. The van der Waals surface area contributed by atoms with E-state index in [1.54, 1.807) is 12.1 Å². The second-order valence-electron chi connectivity index (χ2n) is 5.50. The molecule has 0 unspecified atom stereocenters. The Morgan fingerprint density at radius 3 is 2.09 bits per heavy atom. The Hall–Kier alpha value is -0.670. The monoisotopic (exact) mass is 364 g/mol. The number of hydrogen-bond acceptors (Lipinski definition) is 4. The molecule has 1 saturated carbocycles. The van der Waals surface area contributed by atoms with Crippen LogP contribution >= 0.6 is 11.6 Å². The molecule has 9 heteroatoms. The van der Waals surface area contributed by atoms with Crippen molar-refractivity contribution in [3.05, 3.63) is 29.3 Å². The number of sulfonamides is 2. The first kappa shape index (κ1) is 16.2. The first-order valence-corrected chi connectivity index (χ1v) is 10.4. The van der Waals surface area contributed by atoms with Gasteiger partial charge in [0, 0.05) is 31.2 Å². The van der Waals surface area contributed by atoms with Crippen LogP contribution in [0.2, 0.25) is 5.02 Å². The van der Waals surface area contributed by atoms with Crippen molar-refractivity contribution in [1.29, 1.82) is 0 Å². The highest BCUT2D eigenvalue weighted by molar-refractivity contribution is 7.90. The van der Waals surface area contributed by atoms with Crippen LogP contribution in [0.4, 0.5) is 0 Å². The Kier molecular flexibility index (Phi) is 4.24. The van der Waals surface area contributed by atoms with E-state index in [1.807, 2.05) is 0 Å². The predicted molar refractivity (Wildman–Crippen MR) is 83.7 cm³/mol. The van der Waals surface area contributed by atoms with E-state index in [2.05, 4.69) is 0 Å². The molecule has 3 rings (SSSR count). The van der Waals surface area contributed by atoms with Crippen molar-refractivity contribution in [3.63, 3.8) is 0 Å². The number of piperazine rings is 1. The molecule has 0 spiro atoms. The highest BCUT2D eigenvalue weighted by Gasteiger charge is 2.42. The third kappa shape index (κ3) is 3.03. The van der Waals surface area contributed by atoms with Gasteiger partial charge in [-0.05, 0) is 31.0 Å². The topological polar surface area (TPSA) is 74.8 Å². The molecule has 0 amide bonds. The minimum atomic E-state index is -3.63. The normalized spacial score (nSPS) is 21.9. The van der Waals surface area contributed by atoms with E-state index in [4.69, 9.17) is 11.6 Å². The molecule has 22 heavy (non-hydrogen) atoms. The van der Waals surface area contributed by atoms with Crippen LogP contribution in [0, 0.1) is 0 Å². The second kappa shape index (κ2) is 5.76. The molecule has 0 radical (unpaired) electrons. The lowest BCUT2D eigenvalue weighted by molar-refractivity contribution is 0.272. The first-order valence-electron chi connectivity index (χ1n) is 7.06. The van der Waals surface area contributed by atoms with E-state index in [0.29, 0.717) is 17.9 Å². The van der Waals surface area contributed by atoms with Gasteiger partial charge in [0.15, 0.2) is 0 Å². The minimum Gasteiger partial charge on any atom is -0.212 e. The molecule has 2 fully saturated rings. The van der Waals surface area contributed by atoms with Gasteiger partial charge >= 0.3 is 0 Å². The highest BCUT2D eigenvalue weighted by atomic mass is 35.5. The molecular formula is C13H17ClN2O4S2. The van der Waals surface area contributed by atoms with E-state index in [1.165, 1.54) is 20.7 Å². The SMILES string of the molecule is O=S(=O)(c1cccc(Cl)c1)N1CCN(S(=O)(=O)C2CC2)CC1. The van der Waals surface area contributed by atoms with Crippen LogP contribution in [0.15, 0.2) is 29.2 Å². The fourth-order valence-corrected chi connectivity index (χ4v) is 6.07. The Bertz CT molecular complexity index is 767. The molecule has 1 heterocycles. The Morgan fingerprint density at radius 1 is 0.955 bits per heavy atom. The zero-order chi connectivity index (χ0) is 16.0. The molecule has 6 nitrogen and oxygen atoms in total. The summed E-state index contributed by atoms with van der Waals surface area (Å²) in [5.41, 5.74) is 0. The average Bonchev–Trinajstić information content (AvgIpc) is 3.32. The lowest BCUT2D eigenvalue weighted by Crippen LogP contribution is -2.51. The molecule has 1 aliphatic heterocycles. The summed E-state index contributed by atoms with van der Waals surface area (Å²) in [5, 5.41) is 0.0969. The van der Waals surface area contributed by atoms with Crippen molar-refractivity contribution in [3.8, 4) is 0 Å². The van der Waals surface area contributed by atoms with Crippen molar-refractivity contribution >= 4 is 31.6 Å². The van der Waals surface area contributed by atoms with Crippen LogP contribution in [-0.2, 0) is 20.0 Å². The molecule has 1 saturated heterocycles. The van der Waals surface area contributed by atoms with Crippen LogP contribution in [0.5, 0.6) is 0 Å². The van der Waals surface area contributed by atoms with E-state index in [0.717, 1.165) is 0 Å². The van der Waals surface area contributed by atoms with Gasteiger partial charge in [-0.2, -0.15) is 8.61 Å². The van der Waals surface area contributed by atoms with Crippen molar-refractivity contribution in [2.45, 2.75) is 23.0 Å². The number of hydrogen-bond donors (Lipinski definition) is 0. The summed E-state index contributed by atoms with van der Waals surface area (Å²) in [5.74, 6) is 0. The van der Waals surface area contributed by atoms with Crippen molar-refractivity contribution < 1.29 is 16.8 Å². The molecule has 2 aliphatic rings. The first-order chi connectivity index (χ1) is 10.3. The quantitative estimate of drug-likeness (QED) is 0.802. The molecule has 0 N–H and O–H groups in total. The summed E-state index contributed by atoms with van der Waals surface area (Å²) < 4.78 is 52.1. The van der Waals surface area contributed by atoms with Gasteiger partial charge < -0.3 is 0 Å². The molecular weight excluding hydrogens is 348 g/mol. The van der Waals surface area contributed by atoms with E-state index in [-0.39, 0.29) is 36.3 Å². The lowest BCUT2D eigenvalue weighted by Gasteiger charge is -2.33. The Balaban J connectivity index is 1.73. The summed E-state index contributed by atoms with van der Waals surface area (Å²) in [7, 11) is -6.87. The van der Waals surface area contributed by atoms with Crippen molar-refractivity contribution in [2.24, 2.45) is 0 Å². The lowest BCUT2D eigenvalue weighted by atomic mass is 10.4. The van der Waals surface area contributed by atoms with E-state index >= 15 is 0 Å². The van der Waals surface area contributed by atoms with Gasteiger partial charge in [-0.1, -0.05) is 17.7 Å². The van der Waals surface area contributed by atoms with E-state index in [9.17, 15) is 16.8 Å². The smallest absolute Gasteiger partial charge is 0.212 e. The van der Waals surface area contributed by atoms with Crippen molar-refractivity contribution in [1.82, 2.24) is 8.61 Å². The van der Waals surface area contributed by atoms with Gasteiger partial charge in [0.25, 0.3) is 0 Å².